The number of hydrogen-bond acceptors (Lipinski definition) is 9. The van der Waals surface area contributed by atoms with Crippen molar-refractivity contribution < 1.29 is 45.0 Å². The second-order valence-corrected chi connectivity index (χ2v) is 18.8. The standard InChI is InChI=1S/3C18H36O3.Al/c3*1-2-3-4-5-6-7-8-9-10-11-12-13-14-15-17(19)16-18(20)21;/h3*17,19H,2-16H2,1H3,(H,20,21);/q;;;+3/p-3. The Bertz CT molecular complexity index is 807. The van der Waals surface area contributed by atoms with Crippen molar-refractivity contribution in [1.29, 1.82) is 0 Å². The third-order valence-electron chi connectivity index (χ3n) is 12.1. The average molecular weight is 925 g/mol. The molecule has 0 aromatic rings. The van der Waals surface area contributed by atoms with Gasteiger partial charge in [0, 0.05) is 37.2 Å². The van der Waals surface area contributed by atoms with E-state index in [1.807, 2.05) is 0 Å². The largest absolute Gasteiger partial charge is 3.00 e. The fraction of sp³-hybridized carbons (Fsp3) is 0.944. The van der Waals surface area contributed by atoms with E-state index in [1.165, 1.54) is 212 Å². The summed E-state index contributed by atoms with van der Waals surface area (Å²) < 4.78 is 0. The molecule has 0 aliphatic carbocycles. The minimum absolute atomic E-state index is 0. The Balaban J connectivity index is -0.000000419. The van der Waals surface area contributed by atoms with E-state index in [4.69, 9.17) is 0 Å². The maximum atomic E-state index is 10.3. The molecule has 0 aromatic carbocycles. The summed E-state index contributed by atoms with van der Waals surface area (Å²) in [4.78, 5) is 30.8. The van der Waals surface area contributed by atoms with Gasteiger partial charge in [0.2, 0.25) is 0 Å². The van der Waals surface area contributed by atoms with Gasteiger partial charge in [0.05, 0.1) is 18.3 Å². The van der Waals surface area contributed by atoms with E-state index in [0.717, 1.165) is 38.5 Å². The van der Waals surface area contributed by atoms with Gasteiger partial charge in [-0.15, -0.1) is 0 Å². The summed E-state index contributed by atoms with van der Waals surface area (Å²) in [5.41, 5.74) is 0. The van der Waals surface area contributed by atoms with E-state index < -0.39 is 36.2 Å². The Kier molecular flexibility index (Phi) is 64.9. The van der Waals surface area contributed by atoms with Crippen LogP contribution in [0.25, 0.3) is 0 Å². The molecule has 3 N–H and O–H groups in total. The molecule has 9 nitrogen and oxygen atoms in total. The maximum Gasteiger partial charge on any atom is 3.00 e. The predicted octanol–water partition coefficient (Wildman–Crippen LogP) is 11.5. The molecule has 0 saturated carbocycles. The molecule has 0 radical (unpaired) electrons. The smallest absolute Gasteiger partial charge is 0.550 e. The molecule has 0 aliphatic heterocycles. The van der Waals surface area contributed by atoms with Gasteiger partial charge in [0.25, 0.3) is 0 Å². The van der Waals surface area contributed by atoms with E-state index in [1.54, 1.807) is 0 Å². The van der Waals surface area contributed by atoms with E-state index in [0.29, 0.717) is 19.3 Å². The van der Waals surface area contributed by atoms with Crippen LogP contribution in [0.5, 0.6) is 0 Å². The van der Waals surface area contributed by atoms with Crippen molar-refractivity contribution in [2.75, 3.05) is 0 Å². The molecule has 0 amide bonds. The molecule has 0 saturated heterocycles. The van der Waals surface area contributed by atoms with Crippen molar-refractivity contribution in [1.82, 2.24) is 0 Å². The third kappa shape index (κ3) is 69.9. The van der Waals surface area contributed by atoms with Gasteiger partial charge >= 0.3 is 17.4 Å². The summed E-state index contributed by atoms with van der Waals surface area (Å²) in [6.07, 6.45) is 49.4. The number of unbranched alkanes of at least 4 members (excludes halogenated alkanes) is 36. The summed E-state index contributed by atoms with van der Waals surface area (Å²) in [6, 6.07) is 0. The molecule has 0 fully saturated rings. The van der Waals surface area contributed by atoms with Gasteiger partial charge in [-0.1, -0.05) is 271 Å². The van der Waals surface area contributed by atoms with E-state index in [9.17, 15) is 45.0 Å². The first-order valence-corrected chi connectivity index (χ1v) is 27.1. The number of carbonyl (C=O) groups is 3. The van der Waals surface area contributed by atoms with Gasteiger partial charge in [-0.25, -0.2) is 0 Å². The molecule has 0 aromatic heterocycles. The van der Waals surface area contributed by atoms with Crippen molar-refractivity contribution in [3.63, 3.8) is 0 Å². The monoisotopic (exact) mass is 925 g/mol. The minimum atomic E-state index is -1.16. The number of aliphatic carboxylic acids is 3. The molecule has 3 atom stereocenters. The van der Waals surface area contributed by atoms with Crippen LogP contribution in [0.2, 0.25) is 0 Å². The summed E-state index contributed by atoms with van der Waals surface area (Å²) in [5.74, 6) is -3.47. The molecule has 0 bridgehead atoms. The second kappa shape index (κ2) is 59.8. The number of carboxylic acids is 3. The van der Waals surface area contributed by atoms with Gasteiger partial charge in [-0.3, -0.25) is 0 Å². The van der Waals surface area contributed by atoms with Gasteiger partial charge in [0.1, 0.15) is 0 Å². The molecule has 0 heterocycles. The molecule has 3 unspecified atom stereocenters. The van der Waals surface area contributed by atoms with E-state index in [2.05, 4.69) is 20.8 Å². The number of carbonyl (C=O) groups excluding carboxylic acids is 3. The zero-order valence-electron chi connectivity index (χ0n) is 42.4. The van der Waals surface area contributed by atoms with Crippen molar-refractivity contribution in [2.24, 2.45) is 0 Å². The van der Waals surface area contributed by atoms with Crippen LogP contribution in [-0.4, -0.2) is 68.9 Å². The van der Waals surface area contributed by atoms with Crippen LogP contribution in [-0.2, 0) is 14.4 Å². The predicted molar refractivity (Wildman–Crippen MR) is 264 cm³/mol. The van der Waals surface area contributed by atoms with Gasteiger partial charge in [-0.05, 0) is 19.3 Å². The Morgan fingerprint density at radius 2 is 0.406 bits per heavy atom. The number of hydrogen-bond donors (Lipinski definition) is 3. The molecule has 10 heteroatoms. The van der Waals surface area contributed by atoms with Gasteiger partial charge in [0.15, 0.2) is 0 Å². The zero-order valence-corrected chi connectivity index (χ0v) is 43.6. The Labute approximate surface area is 406 Å². The Hall–Kier alpha value is -1.18. The summed E-state index contributed by atoms with van der Waals surface area (Å²) in [7, 11) is 0. The first-order valence-electron chi connectivity index (χ1n) is 27.1. The van der Waals surface area contributed by atoms with Crippen molar-refractivity contribution >= 4 is 35.3 Å². The maximum absolute atomic E-state index is 10.3. The SMILES string of the molecule is CCCCCCCCCCCCCCCC(O)CC(=O)[O-].CCCCCCCCCCCCCCCC(O)CC(=O)[O-].CCCCCCCCCCCCCCCC(O)CC(=O)[O-].[Al+3]. The Morgan fingerprint density at radius 3 is 0.531 bits per heavy atom. The molecule has 378 valence electrons. The molecular weight excluding hydrogens is 820 g/mol. The van der Waals surface area contributed by atoms with Crippen molar-refractivity contribution in [2.45, 2.75) is 328 Å². The molecule has 64 heavy (non-hydrogen) atoms. The van der Waals surface area contributed by atoms with Crippen LogP contribution in [0, 0.1) is 0 Å². The van der Waals surface area contributed by atoms with Crippen LogP contribution in [0.4, 0.5) is 0 Å². The molecular formula is C54H105AlO9. The van der Waals surface area contributed by atoms with Crippen LogP contribution in [0.1, 0.15) is 310 Å². The zero-order chi connectivity index (χ0) is 47.3. The minimum Gasteiger partial charge on any atom is -0.550 e. The summed E-state index contributed by atoms with van der Waals surface area (Å²) >= 11 is 0. The van der Waals surface area contributed by atoms with Gasteiger partial charge in [-0.2, -0.15) is 0 Å². The number of aliphatic hydroxyl groups excluding tert-OH is 3. The number of aliphatic hydroxyl groups is 3. The molecule has 0 rings (SSSR count). The van der Waals surface area contributed by atoms with Gasteiger partial charge < -0.3 is 45.0 Å². The average Bonchev–Trinajstić information content (AvgIpc) is 3.22. The fourth-order valence-electron chi connectivity index (χ4n) is 8.08. The number of carboxylic acid groups (broad SMARTS) is 3. The topological polar surface area (TPSA) is 181 Å². The second-order valence-electron chi connectivity index (χ2n) is 18.8. The summed E-state index contributed by atoms with van der Waals surface area (Å²) in [6.45, 7) is 6.76. The van der Waals surface area contributed by atoms with Crippen molar-refractivity contribution in [3.8, 4) is 0 Å². The van der Waals surface area contributed by atoms with Crippen LogP contribution in [0.15, 0.2) is 0 Å². The molecule has 0 aliphatic rings. The fourth-order valence-corrected chi connectivity index (χ4v) is 8.08. The number of rotatable bonds is 48. The summed E-state index contributed by atoms with van der Waals surface area (Å²) in [5, 5.41) is 58.9. The third-order valence-corrected chi connectivity index (χ3v) is 12.1. The van der Waals surface area contributed by atoms with Crippen molar-refractivity contribution in [3.05, 3.63) is 0 Å². The van der Waals surface area contributed by atoms with Crippen LogP contribution < -0.4 is 15.3 Å². The van der Waals surface area contributed by atoms with E-state index in [-0.39, 0.29) is 36.6 Å². The van der Waals surface area contributed by atoms with Crippen LogP contribution >= 0.6 is 0 Å². The molecule has 0 spiro atoms. The first-order chi connectivity index (χ1) is 30.5. The Morgan fingerprint density at radius 1 is 0.281 bits per heavy atom. The normalized spacial score (nSPS) is 12.3. The quantitative estimate of drug-likeness (QED) is 0.0395. The van der Waals surface area contributed by atoms with E-state index >= 15 is 0 Å². The first kappa shape index (κ1) is 69.4. The van der Waals surface area contributed by atoms with Crippen LogP contribution in [0.3, 0.4) is 0 Å².